The molecule has 8 heteroatoms. The molecule has 6 nitrogen and oxygen atoms in total. The Morgan fingerprint density at radius 3 is 2.81 bits per heavy atom. The smallest absolute Gasteiger partial charge is 0.305 e. The van der Waals surface area contributed by atoms with Crippen LogP contribution in [-0.2, 0) is 9.53 Å². The third kappa shape index (κ3) is 4.63. The molecule has 1 aliphatic heterocycles. The fraction of sp³-hybridized carbons (Fsp3) is 0.389. The Hall–Kier alpha value is -1.90. The van der Waals surface area contributed by atoms with Crippen LogP contribution in [0.2, 0.25) is 0 Å². The lowest BCUT2D eigenvalue weighted by Gasteiger charge is -2.17. The van der Waals surface area contributed by atoms with E-state index in [9.17, 15) is 14.7 Å². The molecule has 3 rings (SSSR count). The number of thiazole rings is 1. The molecule has 0 radical (unpaired) electrons. The van der Waals surface area contributed by atoms with Crippen LogP contribution in [0, 0.1) is 0 Å². The normalized spacial score (nSPS) is 17.8. The summed E-state index contributed by atoms with van der Waals surface area (Å²) in [5.41, 5.74) is 1.06. The quantitative estimate of drug-likeness (QED) is 0.699. The molecular weight excluding hydrogens is 372 g/mol. The van der Waals surface area contributed by atoms with Crippen molar-refractivity contribution in [3.05, 3.63) is 45.9 Å². The lowest BCUT2D eigenvalue weighted by Crippen LogP contribution is -2.30. The molecule has 2 heterocycles. The van der Waals surface area contributed by atoms with E-state index in [2.05, 4.69) is 10.3 Å². The summed E-state index contributed by atoms with van der Waals surface area (Å²) in [4.78, 5) is 29.2. The van der Waals surface area contributed by atoms with Gasteiger partial charge in [0.15, 0.2) is 0 Å². The molecule has 1 aliphatic rings. The molecule has 0 spiro atoms. The Morgan fingerprint density at radius 2 is 2.19 bits per heavy atom. The van der Waals surface area contributed by atoms with Crippen LogP contribution in [0.25, 0.3) is 0 Å². The van der Waals surface area contributed by atoms with Crippen molar-refractivity contribution in [3.63, 3.8) is 0 Å². The zero-order valence-electron chi connectivity index (χ0n) is 14.3. The van der Waals surface area contributed by atoms with Crippen LogP contribution in [0.1, 0.15) is 52.5 Å². The Balaban J connectivity index is 1.73. The highest BCUT2D eigenvalue weighted by atomic mass is 32.2. The van der Waals surface area contributed by atoms with E-state index < -0.39 is 12.0 Å². The number of carbonyl (C=O) groups is 2. The van der Waals surface area contributed by atoms with Crippen molar-refractivity contribution in [2.24, 2.45) is 0 Å². The molecule has 1 saturated heterocycles. The zero-order chi connectivity index (χ0) is 18.5. The van der Waals surface area contributed by atoms with E-state index in [1.165, 1.54) is 11.3 Å². The van der Waals surface area contributed by atoms with Gasteiger partial charge in [-0.25, -0.2) is 4.98 Å². The van der Waals surface area contributed by atoms with Gasteiger partial charge in [0.1, 0.15) is 16.8 Å². The molecule has 0 saturated carbocycles. The van der Waals surface area contributed by atoms with E-state index >= 15 is 0 Å². The lowest BCUT2D eigenvalue weighted by atomic mass is 10.0. The molecule has 1 aromatic carbocycles. The number of aliphatic carboxylic acids is 1. The summed E-state index contributed by atoms with van der Waals surface area (Å²) >= 11 is 3.01. The highest BCUT2D eigenvalue weighted by Gasteiger charge is 2.24. The number of amides is 1. The first-order valence-electron chi connectivity index (χ1n) is 8.30. The SMILES string of the molecule is CSc1ccc(C(CC(=O)O)NC(=O)c2csc(C3CCCO3)n2)cc1. The number of thioether (sulfide) groups is 1. The Bertz CT molecular complexity index is 770. The van der Waals surface area contributed by atoms with Gasteiger partial charge in [-0.05, 0) is 36.8 Å². The van der Waals surface area contributed by atoms with E-state index in [1.807, 2.05) is 30.5 Å². The molecular formula is C18H20N2O4S2. The van der Waals surface area contributed by atoms with Crippen molar-refractivity contribution in [3.8, 4) is 0 Å². The zero-order valence-corrected chi connectivity index (χ0v) is 15.9. The maximum absolute atomic E-state index is 12.6. The molecule has 2 unspecified atom stereocenters. The third-order valence-corrected chi connectivity index (χ3v) is 5.84. The summed E-state index contributed by atoms with van der Waals surface area (Å²) in [7, 11) is 0. The number of hydrogen-bond donors (Lipinski definition) is 2. The summed E-state index contributed by atoms with van der Waals surface area (Å²) < 4.78 is 5.59. The van der Waals surface area contributed by atoms with Gasteiger partial charge in [0.25, 0.3) is 5.91 Å². The standard InChI is InChI=1S/C18H20N2O4S2/c1-25-12-6-4-11(5-7-12)13(9-16(21)22)19-17(23)14-10-26-18(20-14)15-3-2-8-24-15/h4-7,10,13,15H,2-3,8-9H2,1H3,(H,19,23)(H,21,22). The average molecular weight is 393 g/mol. The molecule has 138 valence electrons. The number of ether oxygens (including phenoxy) is 1. The highest BCUT2D eigenvalue weighted by molar-refractivity contribution is 7.98. The van der Waals surface area contributed by atoms with Crippen LogP contribution in [0.4, 0.5) is 0 Å². The van der Waals surface area contributed by atoms with E-state index in [1.54, 1.807) is 17.1 Å². The maximum atomic E-state index is 12.6. The molecule has 2 atom stereocenters. The molecule has 2 aromatic rings. The molecule has 26 heavy (non-hydrogen) atoms. The van der Waals surface area contributed by atoms with Crippen molar-refractivity contribution >= 4 is 35.0 Å². The van der Waals surface area contributed by atoms with Crippen LogP contribution in [-0.4, -0.2) is 34.8 Å². The number of nitrogens with one attached hydrogen (secondary N) is 1. The van der Waals surface area contributed by atoms with E-state index in [0.29, 0.717) is 5.69 Å². The van der Waals surface area contributed by atoms with E-state index in [0.717, 1.165) is 34.9 Å². The number of nitrogens with zero attached hydrogens (tertiary/aromatic N) is 1. The van der Waals surface area contributed by atoms with Crippen LogP contribution in [0.5, 0.6) is 0 Å². The molecule has 0 bridgehead atoms. The number of carbonyl (C=O) groups excluding carboxylic acids is 1. The number of aromatic nitrogens is 1. The minimum absolute atomic E-state index is 0.0320. The first-order chi connectivity index (χ1) is 12.6. The second-order valence-corrected chi connectivity index (χ2v) is 7.74. The van der Waals surface area contributed by atoms with Gasteiger partial charge in [-0.3, -0.25) is 9.59 Å². The summed E-state index contributed by atoms with van der Waals surface area (Å²) in [6.45, 7) is 0.721. The fourth-order valence-corrected chi connectivity index (χ4v) is 4.10. The molecule has 1 amide bonds. The number of benzene rings is 1. The van der Waals surface area contributed by atoms with Gasteiger partial charge < -0.3 is 15.2 Å². The van der Waals surface area contributed by atoms with Crippen LogP contribution in [0.3, 0.4) is 0 Å². The first kappa shape index (κ1) is 18.9. The summed E-state index contributed by atoms with van der Waals surface area (Å²) in [5, 5.41) is 14.5. The summed E-state index contributed by atoms with van der Waals surface area (Å²) in [5.74, 6) is -1.34. The van der Waals surface area contributed by atoms with Gasteiger partial charge in [0.05, 0.1) is 12.5 Å². The van der Waals surface area contributed by atoms with Crippen molar-refractivity contribution in [1.29, 1.82) is 0 Å². The largest absolute Gasteiger partial charge is 0.481 e. The lowest BCUT2D eigenvalue weighted by molar-refractivity contribution is -0.137. The minimum atomic E-state index is -0.970. The van der Waals surface area contributed by atoms with Crippen molar-refractivity contribution < 1.29 is 19.4 Å². The molecule has 0 aliphatic carbocycles. The molecule has 2 N–H and O–H groups in total. The second kappa shape index (κ2) is 8.66. The van der Waals surface area contributed by atoms with Gasteiger partial charge >= 0.3 is 5.97 Å². The topological polar surface area (TPSA) is 88.5 Å². The van der Waals surface area contributed by atoms with Gasteiger partial charge in [-0.1, -0.05) is 12.1 Å². The first-order valence-corrected chi connectivity index (χ1v) is 10.4. The highest BCUT2D eigenvalue weighted by Crippen LogP contribution is 2.30. The van der Waals surface area contributed by atoms with Crippen LogP contribution >= 0.6 is 23.1 Å². The fourth-order valence-electron chi connectivity index (χ4n) is 2.81. The average Bonchev–Trinajstić information content (AvgIpc) is 3.32. The third-order valence-electron chi connectivity index (χ3n) is 4.16. The van der Waals surface area contributed by atoms with Gasteiger partial charge in [0, 0.05) is 16.9 Å². The van der Waals surface area contributed by atoms with Crippen LogP contribution in [0.15, 0.2) is 34.5 Å². The van der Waals surface area contributed by atoms with Crippen molar-refractivity contribution in [2.75, 3.05) is 12.9 Å². The van der Waals surface area contributed by atoms with Crippen molar-refractivity contribution in [1.82, 2.24) is 10.3 Å². The Labute approximate surface area is 160 Å². The summed E-state index contributed by atoms with van der Waals surface area (Å²) in [6.07, 6.45) is 3.67. The summed E-state index contributed by atoms with van der Waals surface area (Å²) in [6, 6.07) is 6.92. The predicted octanol–water partition coefficient (Wildman–Crippen LogP) is 3.66. The van der Waals surface area contributed by atoms with Crippen LogP contribution < -0.4 is 5.32 Å². The van der Waals surface area contributed by atoms with Crippen molar-refractivity contribution in [2.45, 2.75) is 36.3 Å². The van der Waals surface area contributed by atoms with Gasteiger partial charge in [0.2, 0.25) is 0 Å². The van der Waals surface area contributed by atoms with Gasteiger partial charge in [-0.2, -0.15) is 0 Å². The predicted molar refractivity (Wildman–Crippen MR) is 101 cm³/mol. The Morgan fingerprint density at radius 1 is 1.42 bits per heavy atom. The van der Waals surface area contributed by atoms with E-state index in [4.69, 9.17) is 4.74 Å². The molecule has 1 fully saturated rings. The molecule has 1 aromatic heterocycles. The monoisotopic (exact) mass is 392 g/mol. The number of hydrogen-bond acceptors (Lipinski definition) is 6. The number of carboxylic acid groups (broad SMARTS) is 1. The number of carboxylic acids is 1. The number of rotatable bonds is 7. The minimum Gasteiger partial charge on any atom is -0.481 e. The Kier molecular flexibility index (Phi) is 6.29. The maximum Gasteiger partial charge on any atom is 0.305 e. The van der Waals surface area contributed by atoms with E-state index in [-0.39, 0.29) is 18.4 Å². The second-order valence-electron chi connectivity index (χ2n) is 5.97. The van der Waals surface area contributed by atoms with Gasteiger partial charge in [-0.15, -0.1) is 23.1 Å².